The molecule has 1 unspecified atom stereocenters. The number of amides is 1. The van der Waals surface area contributed by atoms with Gasteiger partial charge in [0.05, 0.1) is 0 Å². The molecule has 4 heteroatoms. The maximum Gasteiger partial charge on any atom is 0.256 e. The van der Waals surface area contributed by atoms with Crippen molar-refractivity contribution in [1.82, 2.24) is 4.90 Å². The molecular formula is C15H12BrNO2. The Balaban J connectivity index is 1.90. The molecule has 0 saturated carbocycles. The molecule has 0 spiro atoms. The zero-order valence-electron chi connectivity index (χ0n) is 10.1. The average molecular weight is 318 g/mol. The number of hydrogen-bond donors (Lipinski definition) is 1. The van der Waals surface area contributed by atoms with Crippen LogP contribution < -0.4 is 0 Å². The van der Waals surface area contributed by atoms with Crippen molar-refractivity contribution in [3.63, 3.8) is 0 Å². The fourth-order valence-corrected chi connectivity index (χ4v) is 2.79. The zero-order valence-corrected chi connectivity index (χ0v) is 11.7. The third-order valence-corrected chi connectivity index (χ3v) is 3.76. The smallest absolute Gasteiger partial charge is 0.256 e. The summed E-state index contributed by atoms with van der Waals surface area (Å²) < 4.78 is 0.962. The van der Waals surface area contributed by atoms with Crippen LogP contribution in [0.4, 0.5) is 0 Å². The van der Waals surface area contributed by atoms with Gasteiger partial charge in [-0.3, -0.25) is 4.79 Å². The quantitative estimate of drug-likeness (QED) is 0.924. The van der Waals surface area contributed by atoms with Crippen molar-refractivity contribution in [2.24, 2.45) is 0 Å². The third-order valence-electron chi connectivity index (χ3n) is 3.27. The number of carbonyl (C=O) groups is 1. The van der Waals surface area contributed by atoms with Crippen LogP contribution >= 0.6 is 15.9 Å². The molecule has 3 nitrogen and oxygen atoms in total. The van der Waals surface area contributed by atoms with Crippen LogP contribution in [0.1, 0.15) is 27.7 Å². The predicted octanol–water partition coefficient (Wildman–Crippen LogP) is 3.10. The van der Waals surface area contributed by atoms with E-state index in [-0.39, 0.29) is 5.91 Å². The SMILES string of the molecule is O=C1c2ccccc2C(O)N1Cc1cccc(Br)c1. The first-order valence-electron chi connectivity index (χ1n) is 5.99. The van der Waals surface area contributed by atoms with E-state index in [1.807, 2.05) is 36.4 Å². The molecule has 0 aliphatic carbocycles. The number of benzene rings is 2. The predicted molar refractivity (Wildman–Crippen MR) is 75.4 cm³/mol. The Morgan fingerprint density at radius 3 is 2.68 bits per heavy atom. The lowest BCUT2D eigenvalue weighted by atomic mass is 10.1. The monoisotopic (exact) mass is 317 g/mol. The molecule has 96 valence electrons. The van der Waals surface area contributed by atoms with Crippen LogP contribution in [0.3, 0.4) is 0 Å². The fraction of sp³-hybridized carbons (Fsp3) is 0.133. The summed E-state index contributed by atoms with van der Waals surface area (Å²) in [4.78, 5) is 13.7. The van der Waals surface area contributed by atoms with E-state index in [2.05, 4.69) is 15.9 Å². The zero-order chi connectivity index (χ0) is 13.4. The molecule has 1 atom stereocenters. The summed E-state index contributed by atoms with van der Waals surface area (Å²) in [5, 5.41) is 10.2. The van der Waals surface area contributed by atoms with Crippen molar-refractivity contribution in [3.8, 4) is 0 Å². The third kappa shape index (κ3) is 2.17. The van der Waals surface area contributed by atoms with E-state index in [4.69, 9.17) is 0 Å². The van der Waals surface area contributed by atoms with Gasteiger partial charge in [0.2, 0.25) is 0 Å². The maximum atomic E-state index is 12.3. The summed E-state index contributed by atoms with van der Waals surface area (Å²) in [5.41, 5.74) is 2.25. The first-order chi connectivity index (χ1) is 9.16. The lowest BCUT2D eigenvalue weighted by molar-refractivity contribution is 0.0137. The number of halogens is 1. The van der Waals surface area contributed by atoms with Crippen molar-refractivity contribution in [2.75, 3.05) is 0 Å². The standard InChI is InChI=1S/C15H12BrNO2/c16-11-5-3-4-10(8-11)9-17-14(18)12-6-1-2-7-13(12)15(17)19/h1-8,14,18H,9H2. The van der Waals surface area contributed by atoms with E-state index in [9.17, 15) is 9.90 Å². The number of carbonyl (C=O) groups excluding carboxylic acids is 1. The minimum absolute atomic E-state index is 0.122. The molecule has 2 aromatic carbocycles. The molecule has 0 aromatic heterocycles. The van der Waals surface area contributed by atoms with Crippen molar-refractivity contribution in [2.45, 2.75) is 12.8 Å². The molecule has 1 amide bonds. The Labute approximate surface area is 119 Å². The Kier molecular flexibility index (Phi) is 3.12. The highest BCUT2D eigenvalue weighted by Gasteiger charge is 2.34. The summed E-state index contributed by atoms with van der Waals surface area (Å²) >= 11 is 3.40. The minimum Gasteiger partial charge on any atom is -0.369 e. The van der Waals surface area contributed by atoms with Gasteiger partial charge in [-0.25, -0.2) is 0 Å². The molecular weight excluding hydrogens is 306 g/mol. The van der Waals surface area contributed by atoms with Gasteiger partial charge in [0.1, 0.15) is 0 Å². The van der Waals surface area contributed by atoms with Crippen molar-refractivity contribution in [1.29, 1.82) is 0 Å². The normalized spacial score (nSPS) is 17.7. The lowest BCUT2D eigenvalue weighted by Gasteiger charge is -2.21. The molecule has 1 aliphatic heterocycles. The highest BCUT2D eigenvalue weighted by atomic mass is 79.9. The van der Waals surface area contributed by atoms with E-state index in [1.54, 1.807) is 12.1 Å². The first kappa shape index (κ1) is 12.4. The van der Waals surface area contributed by atoms with Gasteiger partial charge in [0, 0.05) is 22.1 Å². The molecule has 19 heavy (non-hydrogen) atoms. The van der Waals surface area contributed by atoms with Crippen LogP contribution in [-0.4, -0.2) is 15.9 Å². The maximum absolute atomic E-state index is 12.3. The second-order valence-electron chi connectivity index (χ2n) is 4.52. The summed E-state index contributed by atoms with van der Waals surface area (Å²) in [5.74, 6) is -0.122. The molecule has 0 radical (unpaired) electrons. The molecule has 1 N–H and O–H groups in total. The number of fused-ring (bicyclic) bond motifs is 1. The highest BCUT2D eigenvalue weighted by molar-refractivity contribution is 9.10. The molecule has 0 saturated heterocycles. The number of aliphatic hydroxyl groups is 1. The minimum atomic E-state index is -0.859. The van der Waals surface area contributed by atoms with Gasteiger partial charge >= 0.3 is 0 Å². The Morgan fingerprint density at radius 1 is 1.16 bits per heavy atom. The molecule has 1 heterocycles. The van der Waals surface area contributed by atoms with Crippen molar-refractivity contribution in [3.05, 3.63) is 69.7 Å². The number of hydrogen-bond acceptors (Lipinski definition) is 2. The van der Waals surface area contributed by atoms with Gasteiger partial charge in [0.15, 0.2) is 6.23 Å². The van der Waals surface area contributed by atoms with Gasteiger partial charge in [-0.15, -0.1) is 0 Å². The molecule has 0 bridgehead atoms. The molecule has 1 aliphatic rings. The van der Waals surface area contributed by atoms with Gasteiger partial charge in [-0.2, -0.15) is 0 Å². The highest BCUT2D eigenvalue weighted by Crippen LogP contribution is 2.32. The van der Waals surface area contributed by atoms with Crippen LogP contribution in [-0.2, 0) is 6.54 Å². The first-order valence-corrected chi connectivity index (χ1v) is 6.78. The second-order valence-corrected chi connectivity index (χ2v) is 5.44. The fourth-order valence-electron chi connectivity index (χ4n) is 2.34. The van der Waals surface area contributed by atoms with Crippen LogP contribution in [0.5, 0.6) is 0 Å². The van der Waals surface area contributed by atoms with Gasteiger partial charge in [-0.05, 0) is 23.8 Å². The largest absolute Gasteiger partial charge is 0.369 e. The average Bonchev–Trinajstić information content (AvgIpc) is 2.65. The lowest BCUT2D eigenvalue weighted by Crippen LogP contribution is -2.27. The van der Waals surface area contributed by atoms with Gasteiger partial charge in [0.25, 0.3) is 5.91 Å². The van der Waals surface area contributed by atoms with Crippen LogP contribution in [0.25, 0.3) is 0 Å². The Hall–Kier alpha value is -1.65. The summed E-state index contributed by atoms with van der Waals surface area (Å²) in [6, 6.07) is 14.9. The van der Waals surface area contributed by atoms with Crippen molar-refractivity contribution >= 4 is 21.8 Å². The van der Waals surface area contributed by atoms with E-state index < -0.39 is 6.23 Å². The summed E-state index contributed by atoms with van der Waals surface area (Å²) in [7, 11) is 0. The summed E-state index contributed by atoms with van der Waals surface area (Å²) in [6.07, 6.45) is -0.859. The number of rotatable bonds is 2. The van der Waals surface area contributed by atoms with E-state index in [0.717, 1.165) is 10.0 Å². The van der Waals surface area contributed by atoms with E-state index >= 15 is 0 Å². The van der Waals surface area contributed by atoms with E-state index in [1.165, 1.54) is 4.90 Å². The van der Waals surface area contributed by atoms with Crippen LogP contribution in [0.15, 0.2) is 53.0 Å². The van der Waals surface area contributed by atoms with Crippen LogP contribution in [0, 0.1) is 0 Å². The van der Waals surface area contributed by atoms with Gasteiger partial charge < -0.3 is 10.0 Å². The van der Waals surface area contributed by atoms with Gasteiger partial charge in [-0.1, -0.05) is 46.3 Å². The Bertz CT molecular complexity index is 642. The van der Waals surface area contributed by atoms with Crippen molar-refractivity contribution < 1.29 is 9.90 Å². The molecule has 3 rings (SSSR count). The molecule has 2 aromatic rings. The Morgan fingerprint density at radius 2 is 1.95 bits per heavy atom. The second kappa shape index (κ2) is 4.79. The topological polar surface area (TPSA) is 40.5 Å². The van der Waals surface area contributed by atoms with Crippen LogP contribution in [0.2, 0.25) is 0 Å². The number of aliphatic hydroxyl groups excluding tert-OH is 1. The van der Waals surface area contributed by atoms with E-state index in [0.29, 0.717) is 17.7 Å². The summed E-state index contributed by atoms with van der Waals surface area (Å²) in [6.45, 7) is 0.397. The number of nitrogens with zero attached hydrogens (tertiary/aromatic N) is 1. The molecule has 0 fully saturated rings.